The van der Waals surface area contributed by atoms with E-state index in [0.717, 1.165) is 17.7 Å². The second-order valence-electron chi connectivity index (χ2n) is 3.31. The number of pyridine rings is 1. The van der Waals surface area contributed by atoms with E-state index in [1.54, 1.807) is 12.4 Å². The fourth-order valence-electron chi connectivity index (χ4n) is 1.40. The van der Waals surface area contributed by atoms with Gasteiger partial charge in [-0.05, 0) is 52.2 Å². The number of rotatable bonds is 3. The number of halogens is 1. The van der Waals surface area contributed by atoms with Crippen molar-refractivity contribution < 1.29 is 4.42 Å². The molecule has 2 aromatic heterocycles. The number of nitrogens with two attached hydrogens (primary N) is 1. The van der Waals surface area contributed by atoms with Gasteiger partial charge in [-0.1, -0.05) is 0 Å². The number of hydrogen-bond donors (Lipinski definition) is 1. The van der Waals surface area contributed by atoms with E-state index in [4.69, 9.17) is 10.2 Å². The molecule has 0 spiro atoms. The van der Waals surface area contributed by atoms with Gasteiger partial charge in [0.15, 0.2) is 4.67 Å². The van der Waals surface area contributed by atoms with Crippen LogP contribution in [0.2, 0.25) is 0 Å². The van der Waals surface area contributed by atoms with Crippen LogP contribution < -0.4 is 5.73 Å². The molecule has 3 nitrogen and oxygen atoms in total. The molecule has 0 aliphatic heterocycles. The van der Waals surface area contributed by atoms with Gasteiger partial charge in [0, 0.05) is 12.4 Å². The van der Waals surface area contributed by atoms with E-state index in [1.807, 2.05) is 24.3 Å². The smallest absolute Gasteiger partial charge is 0.169 e. The Morgan fingerprint density at radius 3 is 2.60 bits per heavy atom. The topological polar surface area (TPSA) is 52.0 Å². The van der Waals surface area contributed by atoms with Crippen LogP contribution in [0.25, 0.3) is 0 Å². The maximum atomic E-state index is 6.01. The Kier molecular flexibility index (Phi) is 3.18. The van der Waals surface area contributed by atoms with Crippen LogP contribution in [0.3, 0.4) is 0 Å². The standard InChI is InChI=1S/C11H11BrN2O/c12-11-2-1-10(15-11)9(13)7-8-3-5-14-6-4-8/h1-6,9H,7,13H2. The SMILES string of the molecule is NC(Cc1ccncc1)c1ccc(Br)o1. The third-order valence-corrected chi connectivity index (χ3v) is 2.59. The predicted molar refractivity (Wildman–Crippen MR) is 61.3 cm³/mol. The van der Waals surface area contributed by atoms with Crippen molar-refractivity contribution in [3.05, 3.63) is 52.7 Å². The largest absolute Gasteiger partial charge is 0.453 e. The van der Waals surface area contributed by atoms with E-state index in [-0.39, 0.29) is 6.04 Å². The molecule has 2 N–H and O–H groups in total. The number of nitrogens with zero attached hydrogens (tertiary/aromatic N) is 1. The first-order valence-electron chi connectivity index (χ1n) is 4.65. The lowest BCUT2D eigenvalue weighted by atomic mass is 10.1. The van der Waals surface area contributed by atoms with Gasteiger partial charge < -0.3 is 10.2 Å². The first-order chi connectivity index (χ1) is 7.25. The molecule has 0 saturated carbocycles. The van der Waals surface area contributed by atoms with Crippen LogP contribution in [0, 0.1) is 0 Å². The Hall–Kier alpha value is -1.13. The summed E-state index contributed by atoms with van der Waals surface area (Å²) in [6, 6.07) is 7.53. The van der Waals surface area contributed by atoms with Gasteiger partial charge in [0.05, 0.1) is 6.04 Å². The summed E-state index contributed by atoms with van der Waals surface area (Å²) in [5.41, 5.74) is 7.16. The number of furan rings is 1. The fraction of sp³-hybridized carbons (Fsp3) is 0.182. The fourth-order valence-corrected chi connectivity index (χ4v) is 1.72. The Morgan fingerprint density at radius 2 is 2.00 bits per heavy atom. The van der Waals surface area contributed by atoms with Gasteiger partial charge in [-0.2, -0.15) is 0 Å². The normalized spacial score (nSPS) is 12.7. The van der Waals surface area contributed by atoms with Gasteiger partial charge in [-0.25, -0.2) is 0 Å². The quantitative estimate of drug-likeness (QED) is 0.930. The van der Waals surface area contributed by atoms with Crippen LogP contribution in [0.15, 0.2) is 45.7 Å². The molecule has 0 aromatic carbocycles. The molecule has 0 saturated heterocycles. The molecular formula is C11H11BrN2O. The second-order valence-corrected chi connectivity index (χ2v) is 4.09. The van der Waals surface area contributed by atoms with Crippen molar-refractivity contribution in [1.82, 2.24) is 4.98 Å². The monoisotopic (exact) mass is 266 g/mol. The molecule has 0 amide bonds. The molecule has 2 heterocycles. The third-order valence-electron chi connectivity index (χ3n) is 2.16. The van der Waals surface area contributed by atoms with Gasteiger partial charge in [0.1, 0.15) is 5.76 Å². The molecule has 0 fully saturated rings. The summed E-state index contributed by atoms with van der Waals surface area (Å²) in [6.07, 6.45) is 4.28. The van der Waals surface area contributed by atoms with Crippen molar-refractivity contribution in [3.8, 4) is 0 Å². The highest BCUT2D eigenvalue weighted by atomic mass is 79.9. The average Bonchev–Trinajstić information content (AvgIpc) is 2.66. The van der Waals surface area contributed by atoms with Crippen molar-refractivity contribution >= 4 is 15.9 Å². The maximum absolute atomic E-state index is 6.01. The first-order valence-corrected chi connectivity index (χ1v) is 5.45. The van der Waals surface area contributed by atoms with Crippen molar-refractivity contribution in [2.75, 3.05) is 0 Å². The molecule has 2 rings (SSSR count). The zero-order valence-corrected chi connectivity index (χ0v) is 9.65. The minimum absolute atomic E-state index is 0.112. The van der Waals surface area contributed by atoms with Crippen LogP contribution in [-0.2, 0) is 6.42 Å². The molecule has 15 heavy (non-hydrogen) atoms. The van der Waals surface area contributed by atoms with E-state index in [1.165, 1.54) is 0 Å². The summed E-state index contributed by atoms with van der Waals surface area (Å²) in [6.45, 7) is 0. The van der Waals surface area contributed by atoms with Crippen molar-refractivity contribution in [2.24, 2.45) is 5.73 Å². The highest BCUT2D eigenvalue weighted by molar-refractivity contribution is 9.10. The zero-order valence-electron chi connectivity index (χ0n) is 8.06. The average molecular weight is 267 g/mol. The third kappa shape index (κ3) is 2.67. The van der Waals surface area contributed by atoms with Gasteiger partial charge >= 0.3 is 0 Å². The summed E-state index contributed by atoms with van der Waals surface area (Å²) in [4.78, 5) is 3.96. The number of aromatic nitrogens is 1. The molecule has 0 bridgehead atoms. The van der Waals surface area contributed by atoms with Crippen LogP contribution in [0.4, 0.5) is 0 Å². The van der Waals surface area contributed by atoms with Crippen LogP contribution >= 0.6 is 15.9 Å². The second kappa shape index (κ2) is 4.59. The van der Waals surface area contributed by atoms with Gasteiger partial charge in [0.2, 0.25) is 0 Å². The van der Waals surface area contributed by atoms with Crippen LogP contribution in [-0.4, -0.2) is 4.98 Å². The van der Waals surface area contributed by atoms with Crippen LogP contribution in [0.5, 0.6) is 0 Å². The predicted octanol–water partition coefficient (Wildman–Crippen LogP) is 2.68. The first kappa shape index (κ1) is 10.4. The summed E-state index contributed by atoms with van der Waals surface area (Å²) in [7, 11) is 0. The lowest BCUT2D eigenvalue weighted by molar-refractivity contribution is 0.448. The molecular weight excluding hydrogens is 256 g/mol. The molecule has 1 unspecified atom stereocenters. The molecule has 0 aliphatic rings. The molecule has 78 valence electrons. The Bertz CT molecular complexity index is 427. The van der Waals surface area contributed by atoms with E-state index < -0.39 is 0 Å². The highest BCUT2D eigenvalue weighted by Gasteiger charge is 2.10. The molecule has 4 heteroatoms. The van der Waals surface area contributed by atoms with E-state index in [2.05, 4.69) is 20.9 Å². The summed E-state index contributed by atoms with van der Waals surface area (Å²) < 4.78 is 6.10. The summed E-state index contributed by atoms with van der Waals surface area (Å²) in [5.74, 6) is 0.790. The van der Waals surface area contributed by atoms with E-state index in [0.29, 0.717) is 4.67 Å². The van der Waals surface area contributed by atoms with Crippen molar-refractivity contribution in [1.29, 1.82) is 0 Å². The van der Waals surface area contributed by atoms with E-state index in [9.17, 15) is 0 Å². The van der Waals surface area contributed by atoms with Crippen LogP contribution in [0.1, 0.15) is 17.4 Å². The van der Waals surface area contributed by atoms with E-state index >= 15 is 0 Å². The molecule has 0 radical (unpaired) electrons. The zero-order chi connectivity index (χ0) is 10.7. The lowest BCUT2D eigenvalue weighted by Crippen LogP contribution is -2.12. The number of hydrogen-bond acceptors (Lipinski definition) is 3. The summed E-state index contributed by atoms with van der Waals surface area (Å²) >= 11 is 3.25. The molecule has 2 aromatic rings. The molecule has 0 aliphatic carbocycles. The minimum atomic E-state index is -0.112. The Balaban J connectivity index is 2.07. The molecule has 1 atom stereocenters. The van der Waals surface area contributed by atoms with Gasteiger partial charge in [-0.15, -0.1) is 0 Å². The minimum Gasteiger partial charge on any atom is -0.453 e. The van der Waals surface area contributed by atoms with Crippen molar-refractivity contribution in [3.63, 3.8) is 0 Å². The van der Waals surface area contributed by atoms with Crippen molar-refractivity contribution in [2.45, 2.75) is 12.5 Å². The Morgan fingerprint density at radius 1 is 1.27 bits per heavy atom. The Labute approximate surface area is 96.4 Å². The highest BCUT2D eigenvalue weighted by Crippen LogP contribution is 2.21. The maximum Gasteiger partial charge on any atom is 0.169 e. The lowest BCUT2D eigenvalue weighted by Gasteiger charge is -2.07. The van der Waals surface area contributed by atoms with Gasteiger partial charge in [0.25, 0.3) is 0 Å². The summed E-state index contributed by atoms with van der Waals surface area (Å²) in [5, 5.41) is 0. The van der Waals surface area contributed by atoms with Gasteiger partial charge in [-0.3, -0.25) is 4.98 Å².